The molecule has 1 aliphatic heterocycles. The van der Waals surface area contributed by atoms with Gasteiger partial charge < -0.3 is 4.90 Å². The quantitative estimate of drug-likeness (QED) is 0.794. The summed E-state index contributed by atoms with van der Waals surface area (Å²) < 4.78 is 1.68. The number of fused-ring (bicyclic) bond motifs is 1. The molecule has 0 saturated carbocycles. The summed E-state index contributed by atoms with van der Waals surface area (Å²) in [6, 6.07) is 1.93. The predicted octanol–water partition coefficient (Wildman–Crippen LogP) is 1.40. The van der Waals surface area contributed by atoms with Crippen LogP contribution in [0.3, 0.4) is 0 Å². The fourth-order valence-electron chi connectivity index (χ4n) is 2.79. The lowest BCUT2D eigenvalue weighted by atomic mass is 9.98. The second-order valence-corrected chi connectivity index (χ2v) is 5.70. The predicted molar refractivity (Wildman–Crippen MR) is 77.2 cm³/mol. The van der Waals surface area contributed by atoms with Crippen molar-refractivity contribution >= 4 is 17.3 Å². The molecule has 0 bridgehead atoms. The Morgan fingerprint density at radius 1 is 1.38 bits per heavy atom. The normalized spacial score (nSPS) is 19.3. The van der Waals surface area contributed by atoms with Crippen LogP contribution in [-0.4, -0.2) is 44.3 Å². The number of rotatable bonds is 1. The monoisotopic (exact) mass is 286 g/mol. The minimum Gasteiger partial charge on any atom is -0.337 e. The van der Waals surface area contributed by atoms with Crippen molar-refractivity contribution < 1.29 is 9.59 Å². The lowest BCUT2D eigenvalue weighted by Crippen LogP contribution is -2.43. The second kappa shape index (κ2) is 4.95. The Morgan fingerprint density at radius 3 is 2.86 bits per heavy atom. The number of amides is 1. The van der Waals surface area contributed by atoms with E-state index in [1.54, 1.807) is 15.6 Å². The van der Waals surface area contributed by atoms with Crippen LogP contribution in [0.15, 0.2) is 12.3 Å². The number of aromatic nitrogens is 3. The van der Waals surface area contributed by atoms with E-state index in [2.05, 4.69) is 10.1 Å². The van der Waals surface area contributed by atoms with Gasteiger partial charge in [-0.25, -0.2) is 9.50 Å². The Kier molecular flexibility index (Phi) is 3.23. The zero-order valence-electron chi connectivity index (χ0n) is 12.5. The summed E-state index contributed by atoms with van der Waals surface area (Å²) in [6.45, 7) is 6.65. The molecule has 110 valence electrons. The molecule has 6 heteroatoms. The highest BCUT2D eigenvalue weighted by Crippen LogP contribution is 2.18. The molecular formula is C15H18N4O2. The maximum atomic E-state index is 12.7. The SMILES string of the molecule is Cc1cc(C)n2ncc(C(=O)N3CCC(=O)[C@H](C)C3)c2n1. The third kappa shape index (κ3) is 2.30. The highest BCUT2D eigenvalue weighted by atomic mass is 16.2. The number of Topliss-reactive ketones (excluding diaryl/α,β-unsaturated/α-hetero) is 1. The van der Waals surface area contributed by atoms with Crippen LogP contribution in [0.2, 0.25) is 0 Å². The number of aryl methyl sites for hydroxylation is 2. The molecule has 21 heavy (non-hydrogen) atoms. The van der Waals surface area contributed by atoms with Gasteiger partial charge in [-0.15, -0.1) is 0 Å². The van der Waals surface area contributed by atoms with Gasteiger partial charge in [0, 0.05) is 36.8 Å². The van der Waals surface area contributed by atoms with E-state index in [0.29, 0.717) is 30.7 Å². The lowest BCUT2D eigenvalue weighted by molar-refractivity contribution is -0.124. The highest BCUT2D eigenvalue weighted by molar-refractivity contribution is 6.00. The smallest absolute Gasteiger partial charge is 0.259 e. The van der Waals surface area contributed by atoms with Gasteiger partial charge in [-0.2, -0.15) is 5.10 Å². The number of piperidine rings is 1. The average Bonchev–Trinajstić information content (AvgIpc) is 2.85. The number of ketones is 1. The number of carbonyl (C=O) groups excluding carboxylic acids is 2. The van der Waals surface area contributed by atoms with E-state index in [9.17, 15) is 9.59 Å². The first kappa shape index (κ1) is 13.7. The number of nitrogens with zero attached hydrogens (tertiary/aromatic N) is 4. The summed E-state index contributed by atoms with van der Waals surface area (Å²) in [5, 5.41) is 4.25. The van der Waals surface area contributed by atoms with Gasteiger partial charge in [0.1, 0.15) is 11.3 Å². The topological polar surface area (TPSA) is 67.6 Å². The van der Waals surface area contributed by atoms with Crippen LogP contribution in [0.1, 0.15) is 35.1 Å². The van der Waals surface area contributed by atoms with Crippen molar-refractivity contribution in [3.05, 3.63) is 29.2 Å². The molecule has 6 nitrogen and oxygen atoms in total. The third-order valence-electron chi connectivity index (χ3n) is 3.97. The first-order chi connectivity index (χ1) is 9.97. The lowest BCUT2D eigenvalue weighted by Gasteiger charge is -2.29. The zero-order valence-corrected chi connectivity index (χ0v) is 12.5. The van der Waals surface area contributed by atoms with Crippen molar-refractivity contribution in [1.29, 1.82) is 0 Å². The van der Waals surface area contributed by atoms with Crippen LogP contribution < -0.4 is 0 Å². The number of hydrogen-bond acceptors (Lipinski definition) is 4. The van der Waals surface area contributed by atoms with Crippen molar-refractivity contribution in [2.24, 2.45) is 5.92 Å². The molecule has 1 aliphatic rings. The Labute approximate surface area is 122 Å². The molecule has 1 atom stereocenters. The standard InChI is InChI=1S/C15H18N4O2/c1-9-8-18(5-4-13(9)20)15(21)12-7-16-19-11(3)6-10(2)17-14(12)19/h6-7,9H,4-5,8H2,1-3H3/t9-/m1/s1. The Hall–Kier alpha value is -2.24. The van der Waals surface area contributed by atoms with Crippen molar-refractivity contribution in [2.75, 3.05) is 13.1 Å². The fraction of sp³-hybridized carbons (Fsp3) is 0.467. The molecule has 3 heterocycles. The minimum atomic E-state index is -0.0963. The molecule has 0 N–H and O–H groups in total. The van der Waals surface area contributed by atoms with Gasteiger partial charge in [0.2, 0.25) is 0 Å². The van der Waals surface area contributed by atoms with Crippen LogP contribution in [0.4, 0.5) is 0 Å². The van der Waals surface area contributed by atoms with Crippen molar-refractivity contribution in [1.82, 2.24) is 19.5 Å². The van der Waals surface area contributed by atoms with Crippen molar-refractivity contribution in [3.8, 4) is 0 Å². The van der Waals surface area contributed by atoms with Crippen molar-refractivity contribution in [2.45, 2.75) is 27.2 Å². The van der Waals surface area contributed by atoms with E-state index in [0.717, 1.165) is 11.4 Å². The summed E-state index contributed by atoms with van der Waals surface area (Å²) in [4.78, 5) is 30.4. The van der Waals surface area contributed by atoms with Gasteiger partial charge in [0.05, 0.1) is 6.20 Å². The van der Waals surface area contributed by atoms with Crippen LogP contribution in [0.5, 0.6) is 0 Å². The molecule has 1 fully saturated rings. The maximum absolute atomic E-state index is 12.7. The molecule has 0 spiro atoms. The van der Waals surface area contributed by atoms with E-state index in [4.69, 9.17) is 0 Å². The maximum Gasteiger partial charge on any atom is 0.259 e. The van der Waals surface area contributed by atoms with Crippen LogP contribution in [0.25, 0.3) is 5.65 Å². The average molecular weight is 286 g/mol. The molecule has 1 saturated heterocycles. The van der Waals surface area contributed by atoms with E-state index in [1.807, 2.05) is 26.8 Å². The van der Waals surface area contributed by atoms with Gasteiger partial charge in [-0.1, -0.05) is 6.92 Å². The molecule has 0 aromatic carbocycles. The van der Waals surface area contributed by atoms with E-state index in [1.165, 1.54) is 0 Å². The molecule has 0 radical (unpaired) electrons. The van der Waals surface area contributed by atoms with Crippen molar-refractivity contribution in [3.63, 3.8) is 0 Å². The molecule has 2 aromatic rings. The molecule has 1 amide bonds. The molecule has 0 unspecified atom stereocenters. The molecule has 3 rings (SSSR count). The van der Waals surface area contributed by atoms with Gasteiger partial charge in [0.25, 0.3) is 5.91 Å². The van der Waals surface area contributed by atoms with Crippen LogP contribution in [0, 0.1) is 19.8 Å². The number of hydrogen-bond donors (Lipinski definition) is 0. The van der Waals surface area contributed by atoms with Gasteiger partial charge in [-0.05, 0) is 19.9 Å². The van der Waals surface area contributed by atoms with Gasteiger partial charge in [-0.3, -0.25) is 9.59 Å². The molecule has 0 aliphatic carbocycles. The third-order valence-corrected chi connectivity index (χ3v) is 3.97. The Morgan fingerprint density at radius 2 is 2.14 bits per heavy atom. The van der Waals surface area contributed by atoms with Crippen LogP contribution in [-0.2, 0) is 4.79 Å². The largest absolute Gasteiger partial charge is 0.337 e. The summed E-state index contributed by atoms with van der Waals surface area (Å²) in [6.07, 6.45) is 2.00. The summed E-state index contributed by atoms with van der Waals surface area (Å²) in [7, 11) is 0. The fourth-order valence-corrected chi connectivity index (χ4v) is 2.79. The Bertz CT molecular complexity index is 735. The summed E-state index contributed by atoms with van der Waals surface area (Å²) in [5.74, 6) is 0.0338. The summed E-state index contributed by atoms with van der Waals surface area (Å²) in [5.41, 5.74) is 2.89. The molecule has 2 aromatic heterocycles. The summed E-state index contributed by atoms with van der Waals surface area (Å²) >= 11 is 0. The van der Waals surface area contributed by atoms with Crippen LogP contribution >= 0.6 is 0 Å². The molecular weight excluding hydrogens is 268 g/mol. The number of carbonyl (C=O) groups is 2. The van der Waals surface area contributed by atoms with E-state index < -0.39 is 0 Å². The van der Waals surface area contributed by atoms with Gasteiger partial charge >= 0.3 is 0 Å². The minimum absolute atomic E-state index is 0.0955. The van der Waals surface area contributed by atoms with E-state index in [-0.39, 0.29) is 17.6 Å². The Balaban J connectivity index is 1.97. The number of likely N-dealkylation sites (tertiary alicyclic amines) is 1. The first-order valence-corrected chi connectivity index (χ1v) is 7.11. The highest BCUT2D eigenvalue weighted by Gasteiger charge is 2.29. The second-order valence-electron chi connectivity index (χ2n) is 5.70. The van der Waals surface area contributed by atoms with Gasteiger partial charge in [0.15, 0.2) is 5.65 Å². The zero-order chi connectivity index (χ0) is 15.1. The first-order valence-electron chi connectivity index (χ1n) is 7.11. The van der Waals surface area contributed by atoms with E-state index >= 15 is 0 Å².